The summed E-state index contributed by atoms with van der Waals surface area (Å²) >= 11 is 17.9. The minimum Gasteiger partial charge on any atom is -0.255 e. The van der Waals surface area contributed by atoms with Crippen molar-refractivity contribution in [1.82, 2.24) is 0 Å². The molecule has 0 aliphatic carbocycles. The lowest BCUT2D eigenvalue weighted by atomic mass is 10.2. The molecule has 0 saturated heterocycles. The molecule has 0 unspecified atom stereocenters. The molecular weight excluding hydrogens is 277 g/mol. The van der Waals surface area contributed by atoms with E-state index in [9.17, 15) is 0 Å². The molecule has 1 nitrogen and oxygen atoms in total. The van der Waals surface area contributed by atoms with Crippen molar-refractivity contribution in [1.29, 1.82) is 0 Å². The maximum atomic E-state index is 6.02. The summed E-state index contributed by atoms with van der Waals surface area (Å²) in [5, 5.41) is 1.82. The predicted molar refractivity (Wildman–Crippen MR) is 75.2 cm³/mol. The standard InChI is InChI=1S/C13H8Cl3N/c14-10-5-6-11(15)9(7-10)8-17-13-4-2-1-3-12(13)16/h1-8H. The first kappa shape index (κ1) is 12.4. The highest BCUT2D eigenvalue weighted by Gasteiger charge is 1.99. The average Bonchev–Trinajstić information content (AvgIpc) is 2.32. The van der Waals surface area contributed by atoms with Crippen LogP contribution < -0.4 is 0 Å². The van der Waals surface area contributed by atoms with Crippen molar-refractivity contribution in [3.05, 3.63) is 63.1 Å². The Kier molecular flexibility index (Phi) is 4.06. The van der Waals surface area contributed by atoms with Crippen molar-refractivity contribution in [3.8, 4) is 0 Å². The van der Waals surface area contributed by atoms with Crippen molar-refractivity contribution in [2.45, 2.75) is 0 Å². The normalized spacial score (nSPS) is 11.0. The van der Waals surface area contributed by atoms with Crippen molar-refractivity contribution in [3.63, 3.8) is 0 Å². The van der Waals surface area contributed by atoms with Crippen LogP contribution in [0.25, 0.3) is 0 Å². The molecule has 4 heteroatoms. The molecule has 0 saturated carbocycles. The monoisotopic (exact) mass is 283 g/mol. The number of hydrogen-bond donors (Lipinski definition) is 0. The number of nitrogens with zero attached hydrogens (tertiary/aromatic N) is 1. The molecule has 0 N–H and O–H groups in total. The minimum atomic E-state index is 0.599. The zero-order chi connectivity index (χ0) is 12.3. The molecule has 0 spiro atoms. The smallest absolute Gasteiger partial charge is 0.0816 e. The molecule has 0 amide bonds. The highest BCUT2D eigenvalue weighted by Crippen LogP contribution is 2.25. The number of para-hydroxylation sites is 1. The van der Waals surface area contributed by atoms with Gasteiger partial charge in [0.25, 0.3) is 0 Å². The summed E-state index contributed by atoms with van der Waals surface area (Å²) in [6.45, 7) is 0. The Labute approximate surface area is 115 Å². The van der Waals surface area contributed by atoms with Gasteiger partial charge in [-0.2, -0.15) is 0 Å². The van der Waals surface area contributed by atoms with E-state index in [-0.39, 0.29) is 0 Å². The molecule has 2 rings (SSSR count). The molecule has 0 bridgehead atoms. The van der Waals surface area contributed by atoms with Crippen molar-refractivity contribution < 1.29 is 0 Å². The van der Waals surface area contributed by atoms with E-state index in [4.69, 9.17) is 34.8 Å². The lowest BCUT2D eigenvalue weighted by molar-refractivity contribution is 1.52. The van der Waals surface area contributed by atoms with Crippen LogP contribution in [0.15, 0.2) is 47.5 Å². The maximum Gasteiger partial charge on any atom is 0.0816 e. The maximum absolute atomic E-state index is 6.02. The molecule has 0 heterocycles. The van der Waals surface area contributed by atoms with E-state index in [1.54, 1.807) is 30.5 Å². The largest absolute Gasteiger partial charge is 0.255 e. The van der Waals surface area contributed by atoms with Gasteiger partial charge in [0.15, 0.2) is 0 Å². The van der Waals surface area contributed by atoms with E-state index in [0.29, 0.717) is 20.8 Å². The van der Waals surface area contributed by atoms with Gasteiger partial charge < -0.3 is 0 Å². The molecule has 2 aromatic rings. The second-order valence-electron chi connectivity index (χ2n) is 3.38. The van der Waals surface area contributed by atoms with Gasteiger partial charge in [-0.3, -0.25) is 4.99 Å². The highest BCUT2D eigenvalue weighted by atomic mass is 35.5. The van der Waals surface area contributed by atoms with Gasteiger partial charge in [-0.25, -0.2) is 0 Å². The van der Waals surface area contributed by atoms with Gasteiger partial charge in [0.05, 0.1) is 10.7 Å². The van der Waals surface area contributed by atoms with Crippen LogP contribution >= 0.6 is 34.8 Å². The second kappa shape index (κ2) is 5.54. The molecule has 17 heavy (non-hydrogen) atoms. The summed E-state index contributed by atoms with van der Waals surface area (Å²) in [7, 11) is 0. The lowest BCUT2D eigenvalue weighted by Gasteiger charge is -1.99. The first-order chi connectivity index (χ1) is 8.16. The summed E-state index contributed by atoms with van der Waals surface area (Å²) in [4.78, 5) is 4.28. The Hall–Kier alpha value is -1.02. The molecular formula is C13H8Cl3N. The summed E-state index contributed by atoms with van der Waals surface area (Å²) in [6.07, 6.45) is 1.65. The minimum absolute atomic E-state index is 0.599. The van der Waals surface area contributed by atoms with E-state index < -0.39 is 0 Å². The van der Waals surface area contributed by atoms with Crippen LogP contribution in [-0.2, 0) is 0 Å². The molecule has 0 atom stereocenters. The third-order valence-electron chi connectivity index (χ3n) is 2.15. The van der Waals surface area contributed by atoms with E-state index >= 15 is 0 Å². The molecule has 0 radical (unpaired) electrons. The van der Waals surface area contributed by atoms with Gasteiger partial charge in [-0.05, 0) is 30.3 Å². The Morgan fingerprint density at radius 1 is 0.882 bits per heavy atom. The zero-order valence-electron chi connectivity index (χ0n) is 8.70. The van der Waals surface area contributed by atoms with E-state index in [1.807, 2.05) is 18.2 Å². The van der Waals surface area contributed by atoms with E-state index in [2.05, 4.69) is 4.99 Å². The Morgan fingerprint density at radius 2 is 1.65 bits per heavy atom. The molecule has 0 aliphatic rings. The van der Waals surface area contributed by atoms with Crippen LogP contribution in [0.1, 0.15) is 5.56 Å². The van der Waals surface area contributed by atoms with E-state index in [1.165, 1.54) is 0 Å². The fourth-order valence-electron chi connectivity index (χ4n) is 1.31. The van der Waals surface area contributed by atoms with Crippen molar-refractivity contribution in [2.75, 3.05) is 0 Å². The van der Waals surface area contributed by atoms with Gasteiger partial charge in [0, 0.05) is 21.8 Å². The average molecular weight is 285 g/mol. The first-order valence-electron chi connectivity index (χ1n) is 4.90. The predicted octanol–water partition coefficient (Wildman–Crippen LogP) is 5.40. The molecule has 2 aromatic carbocycles. The van der Waals surface area contributed by atoms with Crippen LogP contribution in [0.4, 0.5) is 5.69 Å². The number of halogens is 3. The first-order valence-corrected chi connectivity index (χ1v) is 6.04. The third kappa shape index (κ3) is 3.22. The number of aliphatic imine (C=N–C) groups is 1. The lowest BCUT2D eigenvalue weighted by Crippen LogP contribution is -1.82. The SMILES string of the molecule is Clc1ccc(Cl)c(C=Nc2ccccc2Cl)c1. The van der Waals surface area contributed by atoms with Gasteiger partial charge in [0.2, 0.25) is 0 Å². The molecule has 0 fully saturated rings. The summed E-state index contributed by atoms with van der Waals surface area (Å²) in [6, 6.07) is 12.6. The zero-order valence-corrected chi connectivity index (χ0v) is 11.0. The third-order valence-corrected chi connectivity index (χ3v) is 3.05. The molecule has 0 aliphatic heterocycles. The summed E-state index contributed by atoms with van der Waals surface area (Å²) in [5.41, 5.74) is 1.46. The second-order valence-corrected chi connectivity index (χ2v) is 4.63. The highest BCUT2D eigenvalue weighted by molar-refractivity contribution is 6.35. The number of benzene rings is 2. The summed E-state index contributed by atoms with van der Waals surface area (Å²) in [5.74, 6) is 0. The van der Waals surface area contributed by atoms with E-state index in [0.717, 1.165) is 5.56 Å². The number of rotatable bonds is 2. The van der Waals surface area contributed by atoms with Crippen LogP contribution in [0.5, 0.6) is 0 Å². The van der Waals surface area contributed by atoms with Crippen molar-refractivity contribution >= 4 is 46.7 Å². The molecule has 0 aromatic heterocycles. The fraction of sp³-hybridized carbons (Fsp3) is 0. The Balaban J connectivity index is 2.32. The van der Waals surface area contributed by atoms with Crippen molar-refractivity contribution in [2.24, 2.45) is 4.99 Å². The Bertz CT molecular complexity index is 564. The van der Waals surface area contributed by atoms with Gasteiger partial charge in [-0.1, -0.05) is 46.9 Å². The topological polar surface area (TPSA) is 12.4 Å². The van der Waals surface area contributed by atoms with Crippen LogP contribution in [0.3, 0.4) is 0 Å². The quantitative estimate of drug-likeness (QED) is 0.655. The number of hydrogen-bond acceptors (Lipinski definition) is 1. The van der Waals surface area contributed by atoms with Crippen LogP contribution in [-0.4, -0.2) is 6.21 Å². The Morgan fingerprint density at radius 3 is 2.41 bits per heavy atom. The summed E-state index contributed by atoms with van der Waals surface area (Å²) < 4.78 is 0. The fourth-order valence-corrected chi connectivity index (χ4v) is 1.84. The van der Waals surface area contributed by atoms with Gasteiger partial charge in [-0.15, -0.1) is 0 Å². The van der Waals surface area contributed by atoms with Crippen LogP contribution in [0, 0.1) is 0 Å². The van der Waals surface area contributed by atoms with Gasteiger partial charge in [0.1, 0.15) is 0 Å². The molecule has 86 valence electrons. The van der Waals surface area contributed by atoms with Gasteiger partial charge >= 0.3 is 0 Å². The van der Waals surface area contributed by atoms with Crippen LogP contribution in [0.2, 0.25) is 15.1 Å².